The lowest BCUT2D eigenvalue weighted by Crippen LogP contribution is -2.11. The van der Waals surface area contributed by atoms with E-state index in [1.807, 2.05) is 12.1 Å². The second-order valence-corrected chi connectivity index (χ2v) is 5.02. The fraction of sp³-hybridized carbons (Fsp3) is 0.467. The van der Waals surface area contributed by atoms with E-state index < -0.39 is 5.97 Å². The molecular formula is C15H20N4O2. The summed E-state index contributed by atoms with van der Waals surface area (Å²) in [5.41, 5.74) is 1.40. The minimum Gasteiger partial charge on any atom is -0.481 e. The summed E-state index contributed by atoms with van der Waals surface area (Å²) in [4.78, 5) is 23.3. The Kier molecular flexibility index (Phi) is 5.43. The first kappa shape index (κ1) is 15.2. The van der Waals surface area contributed by atoms with Crippen molar-refractivity contribution in [1.29, 1.82) is 0 Å². The van der Waals surface area contributed by atoms with Gasteiger partial charge in [-0.05, 0) is 30.9 Å². The van der Waals surface area contributed by atoms with Crippen molar-refractivity contribution in [3.8, 4) is 0 Å². The molecule has 2 rings (SSSR count). The third-order valence-electron chi connectivity index (χ3n) is 3.53. The molecule has 2 heterocycles. The number of aromatic nitrogens is 3. The molecule has 0 spiro atoms. The molecule has 2 N–H and O–H groups in total. The first-order chi connectivity index (χ1) is 10.2. The van der Waals surface area contributed by atoms with Crippen LogP contribution in [0, 0.1) is 5.92 Å². The Hall–Kier alpha value is -2.24. The Bertz CT molecular complexity index is 603. The largest absolute Gasteiger partial charge is 0.481 e. The first-order valence-corrected chi connectivity index (χ1v) is 7.22. The quantitative estimate of drug-likeness (QED) is 0.776. The first-order valence-electron chi connectivity index (χ1n) is 7.22. The summed E-state index contributed by atoms with van der Waals surface area (Å²) in [6, 6.07) is 3.77. The summed E-state index contributed by atoms with van der Waals surface area (Å²) in [6.07, 6.45) is 6.16. The van der Waals surface area contributed by atoms with Crippen LogP contribution in [0.4, 0.5) is 5.82 Å². The highest BCUT2D eigenvalue weighted by molar-refractivity contribution is 5.71. The Morgan fingerprint density at radius 1 is 1.29 bits per heavy atom. The van der Waals surface area contributed by atoms with Crippen LogP contribution in [0.1, 0.15) is 32.6 Å². The third-order valence-corrected chi connectivity index (χ3v) is 3.53. The van der Waals surface area contributed by atoms with Gasteiger partial charge in [0.2, 0.25) is 0 Å². The molecule has 0 amide bonds. The molecule has 6 heteroatoms. The molecular weight excluding hydrogens is 268 g/mol. The number of hydrogen-bond donors (Lipinski definition) is 2. The highest BCUT2D eigenvalue weighted by Gasteiger charge is 2.09. The number of nitrogens with one attached hydrogen (secondary N) is 1. The minimum atomic E-state index is -0.726. The van der Waals surface area contributed by atoms with Crippen LogP contribution in [0.15, 0.2) is 24.5 Å². The normalized spacial score (nSPS) is 12.2. The van der Waals surface area contributed by atoms with Gasteiger partial charge >= 0.3 is 5.97 Å². The summed E-state index contributed by atoms with van der Waals surface area (Å²) in [6.45, 7) is 2.87. The predicted molar refractivity (Wildman–Crippen MR) is 81.1 cm³/mol. The number of carbonyl (C=O) groups is 1. The molecule has 2 aromatic rings. The van der Waals surface area contributed by atoms with Gasteiger partial charge in [0, 0.05) is 25.4 Å². The van der Waals surface area contributed by atoms with Gasteiger partial charge in [0.25, 0.3) is 0 Å². The maximum Gasteiger partial charge on any atom is 0.303 e. The van der Waals surface area contributed by atoms with E-state index in [0.29, 0.717) is 11.6 Å². The maximum atomic E-state index is 10.6. The van der Waals surface area contributed by atoms with Crippen LogP contribution in [0.5, 0.6) is 0 Å². The molecule has 0 saturated heterocycles. The monoisotopic (exact) mass is 288 g/mol. The smallest absolute Gasteiger partial charge is 0.303 e. The minimum absolute atomic E-state index is 0.238. The number of hydrogen-bond acceptors (Lipinski definition) is 5. The lowest BCUT2D eigenvalue weighted by atomic mass is 9.97. The van der Waals surface area contributed by atoms with Crippen molar-refractivity contribution in [2.45, 2.75) is 32.6 Å². The van der Waals surface area contributed by atoms with Gasteiger partial charge in [-0.3, -0.25) is 9.78 Å². The van der Waals surface area contributed by atoms with Crippen molar-refractivity contribution < 1.29 is 9.90 Å². The summed E-state index contributed by atoms with van der Waals surface area (Å²) >= 11 is 0. The van der Waals surface area contributed by atoms with Gasteiger partial charge in [0.1, 0.15) is 11.3 Å². The van der Waals surface area contributed by atoms with E-state index in [4.69, 9.17) is 5.11 Å². The van der Waals surface area contributed by atoms with Crippen molar-refractivity contribution >= 4 is 23.0 Å². The fourth-order valence-electron chi connectivity index (χ4n) is 2.24. The van der Waals surface area contributed by atoms with Crippen molar-refractivity contribution in [1.82, 2.24) is 15.0 Å². The van der Waals surface area contributed by atoms with Crippen LogP contribution in [0.2, 0.25) is 0 Å². The van der Waals surface area contributed by atoms with E-state index >= 15 is 0 Å². The Morgan fingerprint density at radius 2 is 2.10 bits per heavy atom. The standard InChI is InChI=1S/C15H20N4O2/c1-2-11(3-6-14(20)21)7-8-17-13-5-4-12-15(19-13)18-10-9-16-12/h4-5,9-11H,2-3,6-8H2,1H3,(H,20,21)(H,17,18,19). The molecule has 0 saturated carbocycles. The van der Waals surface area contributed by atoms with E-state index in [0.717, 1.165) is 37.1 Å². The van der Waals surface area contributed by atoms with Crippen LogP contribution in [0.3, 0.4) is 0 Å². The van der Waals surface area contributed by atoms with Crippen molar-refractivity contribution in [2.24, 2.45) is 5.92 Å². The molecule has 0 aromatic carbocycles. The Balaban J connectivity index is 1.84. The van der Waals surface area contributed by atoms with Crippen LogP contribution in [-0.4, -0.2) is 32.6 Å². The lowest BCUT2D eigenvalue weighted by molar-refractivity contribution is -0.137. The second kappa shape index (κ2) is 7.52. The molecule has 112 valence electrons. The van der Waals surface area contributed by atoms with E-state index in [1.54, 1.807) is 12.4 Å². The summed E-state index contributed by atoms with van der Waals surface area (Å²) in [7, 11) is 0. The molecule has 2 aromatic heterocycles. The molecule has 1 atom stereocenters. The zero-order chi connectivity index (χ0) is 15.1. The second-order valence-electron chi connectivity index (χ2n) is 5.02. The molecule has 21 heavy (non-hydrogen) atoms. The number of carboxylic acids is 1. The van der Waals surface area contributed by atoms with Crippen LogP contribution >= 0.6 is 0 Å². The molecule has 0 aliphatic carbocycles. The number of pyridine rings is 1. The molecule has 0 aliphatic heterocycles. The summed E-state index contributed by atoms with van der Waals surface area (Å²) < 4.78 is 0. The summed E-state index contributed by atoms with van der Waals surface area (Å²) in [5, 5.41) is 12.0. The zero-order valence-electron chi connectivity index (χ0n) is 12.1. The zero-order valence-corrected chi connectivity index (χ0v) is 12.1. The molecule has 0 bridgehead atoms. The topological polar surface area (TPSA) is 88.0 Å². The van der Waals surface area contributed by atoms with Gasteiger partial charge in [-0.25, -0.2) is 9.97 Å². The average Bonchev–Trinajstić information content (AvgIpc) is 2.50. The number of nitrogens with zero attached hydrogens (tertiary/aromatic N) is 3. The number of carboxylic acid groups (broad SMARTS) is 1. The highest BCUT2D eigenvalue weighted by Crippen LogP contribution is 2.16. The number of fused-ring (bicyclic) bond motifs is 1. The van der Waals surface area contributed by atoms with Gasteiger partial charge < -0.3 is 10.4 Å². The van der Waals surface area contributed by atoms with E-state index in [2.05, 4.69) is 27.2 Å². The van der Waals surface area contributed by atoms with Crippen LogP contribution < -0.4 is 5.32 Å². The number of aliphatic carboxylic acids is 1. The van der Waals surface area contributed by atoms with Crippen LogP contribution in [-0.2, 0) is 4.79 Å². The lowest BCUT2D eigenvalue weighted by Gasteiger charge is -2.14. The Labute approximate surface area is 123 Å². The molecule has 0 radical (unpaired) electrons. The fourth-order valence-corrected chi connectivity index (χ4v) is 2.24. The molecule has 1 unspecified atom stereocenters. The maximum absolute atomic E-state index is 10.6. The third kappa shape index (κ3) is 4.66. The SMILES string of the molecule is CCC(CCNc1ccc2nccnc2n1)CCC(=O)O. The average molecular weight is 288 g/mol. The number of rotatable bonds is 8. The number of anilines is 1. The van der Waals surface area contributed by atoms with Gasteiger partial charge in [-0.1, -0.05) is 13.3 Å². The summed E-state index contributed by atoms with van der Waals surface area (Å²) in [5.74, 6) is 0.473. The van der Waals surface area contributed by atoms with Crippen molar-refractivity contribution in [2.75, 3.05) is 11.9 Å². The van der Waals surface area contributed by atoms with Crippen LogP contribution in [0.25, 0.3) is 11.2 Å². The van der Waals surface area contributed by atoms with Crippen molar-refractivity contribution in [3.05, 3.63) is 24.5 Å². The van der Waals surface area contributed by atoms with E-state index in [9.17, 15) is 4.79 Å². The molecule has 6 nitrogen and oxygen atoms in total. The molecule has 0 aliphatic rings. The predicted octanol–water partition coefficient (Wildman–Crippen LogP) is 2.72. The van der Waals surface area contributed by atoms with Gasteiger partial charge in [0.15, 0.2) is 5.65 Å². The highest BCUT2D eigenvalue weighted by atomic mass is 16.4. The van der Waals surface area contributed by atoms with Gasteiger partial charge in [-0.2, -0.15) is 0 Å². The van der Waals surface area contributed by atoms with E-state index in [-0.39, 0.29) is 6.42 Å². The molecule has 0 fully saturated rings. The van der Waals surface area contributed by atoms with Gasteiger partial charge in [-0.15, -0.1) is 0 Å². The Morgan fingerprint density at radius 3 is 2.86 bits per heavy atom. The van der Waals surface area contributed by atoms with E-state index in [1.165, 1.54) is 0 Å². The van der Waals surface area contributed by atoms with Gasteiger partial charge in [0.05, 0.1) is 0 Å². The van der Waals surface area contributed by atoms with Crippen molar-refractivity contribution in [3.63, 3.8) is 0 Å².